The molecule has 0 unspecified atom stereocenters. The van der Waals surface area contributed by atoms with E-state index in [1.807, 2.05) is 0 Å². The topological polar surface area (TPSA) is 160 Å². The number of hydrogen-bond acceptors (Lipinski definition) is 7. The van der Waals surface area contributed by atoms with Gasteiger partial charge in [-0.3, -0.25) is 28.4 Å². The van der Waals surface area contributed by atoms with Crippen molar-refractivity contribution < 1.29 is 19.4 Å². The minimum atomic E-state index is -0.813. The molecule has 0 radical (unpaired) electrons. The SMILES string of the molecule is Cc1cn([C@H]2C[C@H](N=[N+]=[N-])[C@@H](CO)O2)c(=O)n(CCCN2C(=O)c3ccccc3C2=O)c1=O. The van der Waals surface area contributed by atoms with Crippen molar-refractivity contribution in [2.75, 3.05) is 13.2 Å². The lowest BCUT2D eigenvalue weighted by Crippen LogP contribution is -2.43. The van der Waals surface area contributed by atoms with E-state index in [4.69, 9.17) is 10.3 Å². The fourth-order valence-corrected chi connectivity index (χ4v) is 4.23. The van der Waals surface area contributed by atoms with Gasteiger partial charge in [0.05, 0.1) is 29.9 Å². The summed E-state index contributed by atoms with van der Waals surface area (Å²) < 4.78 is 7.96. The molecule has 3 heterocycles. The smallest absolute Gasteiger partial charge is 0.333 e. The number of nitrogens with zero attached hydrogens (tertiary/aromatic N) is 6. The van der Waals surface area contributed by atoms with Gasteiger partial charge in [-0.1, -0.05) is 17.2 Å². The van der Waals surface area contributed by atoms with Crippen LogP contribution in [0.1, 0.15) is 45.3 Å². The first-order chi connectivity index (χ1) is 15.9. The zero-order valence-electron chi connectivity index (χ0n) is 17.8. The maximum atomic E-state index is 13.1. The average molecular weight is 454 g/mol. The zero-order valence-corrected chi connectivity index (χ0v) is 17.8. The minimum Gasteiger partial charge on any atom is -0.394 e. The van der Waals surface area contributed by atoms with Gasteiger partial charge >= 0.3 is 5.69 Å². The van der Waals surface area contributed by atoms with Crippen molar-refractivity contribution in [3.05, 3.63) is 78.4 Å². The van der Waals surface area contributed by atoms with Crippen LogP contribution in [0.15, 0.2) is 45.2 Å². The highest BCUT2D eigenvalue weighted by Gasteiger charge is 2.37. The molecule has 2 aliphatic rings. The van der Waals surface area contributed by atoms with E-state index in [1.165, 1.54) is 10.8 Å². The lowest BCUT2D eigenvalue weighted by atomic mass is 10.1. The Morgan fingerprint density at radius 2 is 1.82 bits per heavy atom. The number of aryl methyl sites for hydroxylation is 1. The van der Waals surface area contributed by atoms with Crippen LogP contribution in [0.4, 0.5) is 0 Å². The van der Waals surface area contributed by atoms with E-state index in [0.717, 1.165) is 9.47 Å². The standard InChI is InChI=1S/C21H22N6O6/c1-12-10-27(17-9-15(23-24-22)16(11-28)33-17)21(32)26(18(12)29)8-4-7-25-19(30)13-5-2-3-6-14(13)20(25)31/h2-3,5-6,10,15-17,28H,4,7-9,11H2,1H3/t15-,16+,17+/m0/s1. The van der Waals surface area contributed by atoms with Gasteiger partial charge in [-0.05, 0) is 31.0 Å². The maximum absolute atomic E-state index is 13.1. The third-order valence-corrected chi connectivity index (χ3v) is 5.90. The average Bonchev–Trinajstić information content (AvgIpc) is 3.33. The fraction of sp³-hybridized carbons (Fsp3) is 0.429. The number of fused-ring (bicyclic) bond motifs is 1. The van der Waals surface area contributed by atoms with Crippen molar-refractivity contribution in [2.45, 2.75) is 44.7 Å². The van der Waals surface area contributed by atoms with Crippen molar-refractivity contribution in [2.24, 2.45) is 5.11 Å². The number of carbonyl (C=O) groups excluding carboxylic acids is 2. The molecule has 1 saturated heterocycles. The molecule has 1 fully saturated rings. The van der Waals surface area contributed by atoms with Crippen molar-refractivity contribution >= 4 is 11.8 Å². The number of amides is 2. The van der Waals surface area contributed by atoms with Gasteiger partial charge in [0.15, 0.2) is 0 Å². The molecule has 0 aliphatic carbocycles. The van der Waals surface area contributed by atoms with Crippen LogP contribution in [0.25, 0.3) is 10.4 Å². The Morgan fingerprint density at radius 3 is 2.42 bits per heavy atom. The van der Waals surface area contributed by atoms with Crippen LogP contribution in [0.5, 0.6) is 0 Å². The lowest BCUT2D eigenvalue weighted by molar-refractivity contribution is -0.0277. The number of aliphatic hydroxyl groups is 1. The van der Waals surface area contributed by atoms with Gasteiger partial charge in [-0.25, -0.2) is 4.79 Å². The molecule has 12 heteroatoms. The van der Waals surface area contributed by atoms with E-state index in [2.05, 4.69) is 10.0 Å². The minimum absolute atomic E-state index is 0.0112. The number of imide groups is 1. The van der Waals surface area contributed by atoms with Crippen molar-refractivity contribution in [1.82, 2.24) is 14.0 Å². The number of carbonyl (C=O) groups is 2. The van der Waals surface area contributed by atoms with Crippen LogP contribution in [0, 0.1) is 6.92 Å². The molecular weight excluding hydrogens is 432 g/mol. The molecule has 1 aromatic carbocycles. The van der Waals surface area contributed by atoms with Gasteiger partial charge in [-0.15, -0.1) is 0 Å². The van der Waals surface area contributed by atoms with Gasteiger partial charge in [0.25, 0.3) is 17.4 Å². The quantitative estimate of drug-likeness (QED) is 0.284. The molecule has 4 rings (SSSR count). The van der Waals surface area contributed by atoms with E-state index in [9.17, 15) is 24.3 Å². The summed E-state index contributed by atoms with van der Waals surface area (Å²) in [6.07, 6.45) is 0.181. The first kappa shape index (κ1) is 22.5. The molecule has 33 heavy (non-hydrogen) atoms. The number of hydrogen-bond donors (Lipinski definition) is 1. The van der Waals surface area contributed by atoms with Crippen LogP contribution >= 0.6 is 0 Å². The summed E-state index contributed by atoms with van der Waals surface area (Å²) in [6, 6.07) is 5.89. The van der Waals surface area contributed by atoms with Gasteiger partial charge < -0.3 is 9.84 Å². The Hall–Kier alpha value is -3.73. The summed E-state index contributed by atoms with van der Waals surface area (Å²) in [5, 5.41) is 13.1. The molecule has 0 spiro atoms. The van der Waals surface area contributed by atoms with E-state index < -0.39 is 41.4 Å². The molecule has 12 nitrogen and oxygen atoms in total. The van der Waals surface area contributed by atoms with E-state index in [1.54, 1.807) is 31.2 Å². The second-order valence-corrected chi connectivity index (χ2v) is 7.94. The molecule has 0 bridgehead atoms. The number of aliphatic hydroxyl groups excluding tert-OH is 1. The number of aromatic nitrogens is 2. The Labute approximate surface area is 187 Å². The second-order valence-electron chi connectivity index (χ2n) is 7.94. The normalized spacial score (nSPS) is 21.9. The Balaban J connectivity index is 1.53. The Morgan fingerprint density at radius 1 is 1.15 bits per heavy atom. The summed E-state index contributed by atoms with van der Waals surface area (Å²) in [6.45, 7) is 1.22. The summed E-state index contributed by atoms with van der Waals surface area (Å²) >= 11 is 0. The maximum Gasteiger partial charge on any atom is 0.333 e. The molecular formula is C21H22N6O6. The fourth-order valence-electron chi connectivity index (χ4n) is 4.23. The summed E-state index contributed by atoms with van der Waals surface area (Å²) in [5.74, 6) is -0.800. The summed E-state index contributed by atoms with van der Waals surface area (Å²) in [4.78, 5) is 54.6. The molecule has 0 saturated carbocycles. The Bertz CT molecular complexity index is 1240. The van der Waals surface area contributed by atoms with Gasteiger partial charge in [-0.2, -0.15) is 0 Å². The van der Waals surface area contributed by atoms with E-state index >= 15 is 0 Å². The predicted molar refractivity (Wildman–Crippen MR) is 115 cm³/mol. The third-order valence-electron chi connectivity index (χ3n) is 5.90. The molecule has 1 N–H and O–H groups in total. The summed E-state index contributed by atoms with van der Waals surface area (Å²) in [7, 11) is 0. The van der Waals surface area contributed by atoms with Crippen molar-refractivity contribution in [3.63, 3.8) is 0 Å². The highest BCUT2D eigenvalue weighted by Crippen LogP contribution is 2.30. The monoisotopic (exact) mass is 454 g/mol. The third kappa shape index (κ3) is 3.95. The molecule has 3 atom stereocenters. The predicted octanol–water partition coefficient (Wildman–Crippen LogP) is 0.963. The van der Waals surface area contributed by atoms with Crippen LogP contribution in [0.2, 0.25) is 0 Å². The number of rotatable bonds is 7. The lowest BCUT2D eigenvalue weighted by Gasteiger charge is -2.18. The largest absolute Gasteiger partial charge is 0.394 e. The first-order valence-electron chi connectivity index (χ1n) is 10.5. The first-order valence-corrected chi connectivity index (χ1v) is 10.5. The van der Waals surface area contributed by atoms with Gasteiger partial charge in [0.1, 0.15) is 6.23 Å². The number of azide groups is 1. The summed E-state index contributed by atoms with van der Waals surface area (Å²) in [5.41, 5.74) is 8.57. The zero-order chi connectivity index (χ0) is 23.7. The highest BCUT2D eigenvalue weighted by molar-refractivity contribution is 6.21. The van der Waals surface area contributed by atoms with Crippen LogP contribution < -0.4 is 11.2 Å². The van der Waals surface area contributed by atoms with Crippen LogP contribution in [-0.4, -0.2) is 56.3 Å². The van der Waals surface area contributed by atoms with Gasteiger partial charge in [0.2, 0.25) is 0 Å². The second kappa shape index (κ2) is 9.02. The van der Waals surface area contributed by atoms with Crippen molar-refractivity contribution in [1.29, 1.82) is 0 Å². The van der Waals surface area contributed by atoms with E-state index in [-0.39, 0.29) is 32.5 Å². The molecule has 2 amide bonds. The molecule has 1 aromatic heterocycles. The van der Waals surface area contributed by atoms with Crippen LogP contribution in [-0.2, 0) is 11.3 Å². The van der Waals surface area contributed by atoms with Crippen LogP contribution in [0.3, 0.4) is 0 Å². The van der Waals surface area contributed by atoms with E-state index in [0.29, 0.717) is 16.7 Å². The van der Waals surface area contributed by atoms with Crippen molar-refractivity contribution in [3.8, 4) is 0 Å². The molecule has 2 aliphatic heterocycles. The number of ether oxygens (including phenoxy) is 1. The molecule has 172 valence electrons. The number of benzene rings is 1. The van der Waals surface area contributed by atoms with Gasteiger partial charge in [0, 0.05) is 36.2 Å². The molecule has 2 aromatic rings. The Kier molecular flexibility index (Phi) is 6.14. The highest BCUT2D eigenvalue weighted by atomic mass is 16.5.